The van der Waals surface area contributed by atoms with Crippen molar-refractivity contribution < 1.29 is 18.0 Å². The fourth-order valence-electron chi connectivity index (χ4n) is 4.34. The molecule has 0 saturated carbocycles. The van der Waals surface area contributed by atoms with Crippen LogP contribution in [0.1, 0.15) is 32.8 Å². The van der Waals surface area contributed by atoms with Crippen molar-refractivity contribution in [2.75, 3.05) is 30.2 Å². The maximum atomic E-state index is 13.8. The highest BCUT2D eigenvalue weighted by atomic mass is 32.2. The molecule has 3 rings (SSSR count). The van der Waals surface area contributed by atoms with Crippen molar-refractivity contribution in [3.63, 3.8) is 0 Å². The number of anilines is 1. The van der Waals surface area contributed by atoms with E-state index in [2.05, 4.69) is 5.32 Å². The van der Waals surface area contributed by atoms with Crippen LogP contribution in [0.25, 0.3) is 10.8 Å². The fraction of sp³-hybridized carbons (Fsp3) is 0.379. The van der Waals surface area contributed by atoms with Crippen LogP contribution in [-0.2, 0) is 26.0 Å². The van der Waals surface area contributed by atoms with E-state index in [0.717, 1.165) is 26.9 Å². The Morgan fingerprint density at radius 2 is 1.57 bits per heavy atom. The number of benzene rings is 3. The van der Waals surface area contributed by atoms with Crippen LogP contribution < -0.4 is 9.62 Å². The second kappa shape index (κ2) is 12.7. The van der Waals surface area contributed by atoms with Gasteiger partial charge in [-0.1, -0.05) is 87.5 Å². The minimum absolute atomic E-state index is 0.228. The molecule has 2 amide bonds. The normalized spacial score (nSPS) is 12.4. The van der Waals surface area contributed by atoms with Crippen LogP contribution in [0.4, 0.5) is 5.69 Å². The van der Waals surface area contributed by atoms with Crippen LogP contribution in [0, 0.1) is 5.92 Å². The summed E-state index contributed by atoms with van der Waals surface area (Å²) in [6.07, 6.45) is 2.06. The quantitative estimate of drug-likeness (QED) is 0.385. The summed E-state index contributed by atoms with van der Waals surface area (Å²) in [4.78, 5) is 28.5. The molecule has 0 aliphatic rings. The number of hydrogen-bond acceptors (Lipinski definition) is 4. The number of nitrogens with one attached hydrogen (secondary N) is 1. The molecule has 0 aliphatic heterocycles. The highest BCUT2D eigenvalue weighted by molar-refractivity contribution is 7.92. The predicted molar refractivity (Wildman–Crippen MR) is 150 cm³/mol. The smallest absolute Gasteiger partial charge is 0.244 e. The molecule has 0 saturated heterocycles. The Labute approximate surface area is 220 Å². The molecule has 8 heteroatoms. The molecule has 37 heavy (non-hydrogen) atoms. The van der Waals surface area contributed by atoms with Crippen LogP contribution in [0.3, 0.4) is 0 Å². The van der Waals surface area contributed by atoms with Crippen molar-refractivity contribution in [2.24, 2.45) is 5.92 Å². The molecular weight excluding hydrogens is 486 g/mol. The topological polar surface area (TPSA) is 86.8 Å². The Balaban J connectivity index is 1.95. The lowest BCUT2D eigenvalue weighted by molar-refractivity contribution is -0.139. The van der Waals surface area contributed by atoms with E-state index in [0.29, 0.717) is 31.6 Å². The Bertz CT molecular complexity index is 1300. The molecule has 0 unspecified atom stereocenters. The van der Waals surface area contributed by atoms with Gasteiger partial charge in [-0.25, -0.2) is 8.42 Å². The van der Waals surface area contributed by atoms with Crippen molar-refractivity contribution in [1.82, 2.24) is 10.2 Å². The van der Waals surface area contributed by atoms with Gasteiger partial charge in [0.05, 0.1) is 11.9 Å². The Kier molecular flexibility index (Phi) is 9.69. The van der Waals surface area contributed by atoms with Crippen LogP contribution >= 0.6 is 0 Å². The molecule has 0 aromatic heterocycles. The third kappa shape index (κ3) is 7.55. The van der Waals surface area contributed by atoms with Gasteiger partial charge in [-0.2, -0.15) is 0 Å². The molecule has 1 atom stereocenters. The molecule has 0 radical (unpaired) electrons. The Morgan fingerprint density at radius 1 is 0.919 bits per heavy atom. The molecule has 0 bridgehead atoms. The molecule has 0 fully saturated rings. The summed E-state index contributed by atoms with van der Waals surface area (Å²) in [6, 6.07) is 21.9. The minimum Gasteiger partial charge on any atom is -0.354 e. The first kappa shape index (κ1) is 28.2. The number of fused-ring (bicyclic) bond motifs is 1. The van der Waals surface area contributed by atoms with Crippen molar-refractivity contribution in [3.05, 3.63) is 78.4 Å². The SMILES string of the molecule is CC[C@@H](C(=O)NCC(C)C)N(CCc1ccccc1)C(=O)CN(c1cccc2ccccc12)S(C)(=O)=O. The van der Waals surface area contributed by atoms with Gasteiger partial charge in [-0.3, -0.25) is 13.9 Å². The maximum absolute atomic E-state index is 13.8. The summed E-state index contributed by atoms with van der Waals surface area (Å²) in [7, 11) is -3.79. The van der Waals surface area contributed by atoms with Gasteiger partial charge in [0.1, 0.15) is 12.6 Å². The van der Waals surface area contributed by atoms with E-state index in [1.54, 1.807) is 12.1 Å². The van der Waals surface area contributed by atoms with Gasteiger partial charge in [0.15, 0.2) is 0 Å². The summed E-state index contributed by atoms with van der Waals surface area (Å²) in [5.41, 5.74) is 1.47. The second-order valence-electron chi connectivity index (χ2n) is 9.65. The molecule has 0 spiro atoms. The van der Waals surface area contributed by atoms with Gasteiger partial charge in [-0.05, 0) is 35.8 Å². The van der Waals surface area contributed by atoms with Gasteiger partial charge in [0.25, 0.3) is 0 Å². The van der Waals surface area contributed by atoms with Gasteiger partial charge >= 0.3 is 0 Å². The van der Waals surface area contributed by atoms with Crippen molar-refractivity contribution in [1.29, 1.82) is 0 Å². The van der Waals surface area contributed by atoms with E-state index < -0.39 is 28.5 Å². The van der Waals surface area contributed by atoms with E-state index in [-0.39, 0.29) is 11.8 Å². The number of rotatable bonds is 12. The van der Waals surface area contributed by atoms with Crippen LogP contribution in [-0.4, -0.2) is 57.1 Å². The highest BCUT2D eigenvalue weighted by Gasteiger charge is 2.31. The number of carbonyl (C=O) groups is 2. The highest BCUT2D eigenvalue weighted by Crippen LogP contribution is 2.28. The molecule has 3 aromatic rings. The third-order valence-electron chi connectivity index (χ3n) is 6.27. The molecule has 198 valence electrons. The fourth-order valence-corrected chi connectivity index (χ4v) is 5.20. The number of carbonyl (C=O) groups excluding carboxylic acids is 2. The van der Waals surface area contributed by atoms with E-state index in [9.17, 15) is 18.0 Å². The second-order valence-corrected chi connectivity index (χ2v) is 11.6. The van der Waals surface area contributed by atoms with E-state index in [4.69, 9.17) is 0 Å². The van der Waals surface area contributed by atoms with E-state index in [1.807, 2.05) is 81.4 Å². The van der Waals surface area contributed by atoms with Gasteiger partial charge in [-0.15, -0.1) is 0 Å². The average molecular weight is 524 g/mol. The van der Waals surface area contributed by atoms with Crippen LogP contribution in [0.5, 0.6) is 0 Å². The first-order valence-corrected chi connectivity index (χ1v) is 14.5. The van der Waals surface area contributed by atoms with Crippen molar-refractivity contribution in [3.8, 4) is 0 Å². The summed E-state index contributed by atoms with van der Waals surface area (Å²) < 4.78 is 27.0. The number of hydrogen-bond donors (Lipinski definition) is 1. The molecule has 1 N–H and O–H groups in total. The lowest BCUT2D eigenvalue weighted by Gasteiger charge is -2.33. The standard InChI is InChI=1S/C29H37N3O4S/c1-5-26(29(34)30-20-22(2)3)31(19-18-23-12-7-6-8-13-23)28(33)21-32(37(4,35)36)27-17-11-15-24-14-9-10-16-25(24)27/h6-17,22,26H,5,18-21H2,1-4H3,(H,30,34)/t26-/m0/s1. The van der Waals surface area contributed by atoms with Gasteiger partial charge in [0.2, 0.25) is 21.8 Å². The largest absolute Gasteiger partial charge is 0.354 e. The van der Waals surface area contributed by atoms with Crippen molar-refractivity contribution in [2.45, 2.75) is 39.7 Å². The lowest BCUT2D eigenvalue weighted by Crippen LogP contribution is -2.53. The van der Waals surface area contributed by atoms with E-state index in [1.165, 1.54) is 4.90 Å². The Hall–Kier alpha value is -3.39. The van der Waals surface area contributed by atoms with Gasteiger partial charge < -0.3 is 10.2 Å². The first-order chi connectivity index (χ1) is 17.6. The van der Waals surface area contributed by atoms with Crippen LogP contribution in [0.15, 0.2) is 72.8 Å². The lowest BCUT2D eigenvalue weighted by atomic mass is 10.1. The zero-order valence-corrected chi connectivity index (χ0v) is 22.9. The zero-order chi connectivity index (χ0) is 27.0. The van der Waals surface area contributed by atoms with Gasteiger partial charge in [0, 0.05) is 18.5 Å². The molecule has 0 heterocycles. The first-order valence-electron chi connectivity index (χ1n) is 12.7. The summed E-state index contributed by atoms with van der Waals surface area (Å²) in [6.45, 7) is 6.28. The number of amides is 2. The summed E-state index contributed by atoms with van der Waals surface area (Å²) >= 11 is 0. The number of nitrogens with zero attached hydrogens (tertiary/aromatic N) is 2. The zero-order valence-electron chi connectivity index (χ0n) is 22.1. The average Bonchev–Trinajstić information content (AvgIpc) is 2.87. The number of sulfonamides is 1. The van der Waals surface area contributed by atoms with Crippen molar-refractivity contribution >= 4 is 38.3 Å². The molecule has 0 aliphatic carbocycles. The monoisotopic (exact) mass is 523 g/mol. The Morgan fingerprint density at radius 3 is 2.22 bits per heavy atom. The summed E-state index contributed by atoms with van der Waals surface area (Å²) in [5.74, 6) is -0.378. The third-order valence-corrected chi connectivity index (χ3v) is 7.40. The predicted octanol–water partition coefficient (Wildman–Crippen LogP) is 4.23. The van der Waals surface area contributed by atoms with E-state index >= 15 is 0 Å². The molecule has 7 nitrogen and oxygen atoms in total. The van der Waals surface area contributed by atoms with Crippen LogP contribution in [0.2, 0.25) is 0 Å². The maximum Gasteiger partial charge on any atom is 0.244 e. The summed E-state index contributed by atoms with van der Waals surface area (Å²) in [5, 5.41) is 4.55. The molecular formula is C29H37N3O4S. The molecule has 3 aromatic carbocycles. The minimum atomic E-state index is -3.79.